The molecule has 1 amide bonds. The van der Waals surface area contributed by atoms with Crippen molar-refractivity contribution in [1.82, 2.24) is 15.1 Å². The molecule has 116 valence electrons. The third-order valence-electron chi connectivity index (χ3n) is 3.36. The quantitative estimate of drug-likeness (QED) is 0.808. The summed E-state index contributed by atoms with van der Waals surface area (Å²) in [6.45, 7) is 6.93. The lowest BCUT2D eigenvalue weighted by molar-refractivity contribution is -0.144. The second-order valence-electron chi connectivity index (χ2n) is 5.23. The van der Waals surface area contributed by atoms with Crippen molar-refractivity contribution in [2.24, 2.45) is 13.0 Å². The van der Waals surface area contributed by atoms with Crippen LogP contribution in [0.3, 0.4) is 0 Å². The van der Waals surface area contributed by atoms with E-state index < -0.39 is 23.5 Å². The molecule has 0 aliphatic heterocycles. The zero-order valence-corrected chi connectivity index (χ0v) is 13.2. The lowest BCUT2D eigenvalue weighted by Gasteiger charge is -2.20. The Balaban J connectivity index is 3.21. The minimum Gasteiger partial charge on any atom is -0.467 e. The normalized spacial score (nSPS) is 12.1. The van der Waals surface area contributed by atoms with Gasteiger partial charge in [-0.05, 0) is 25.3 Å². The smallest absolute Gasteiger partial charge is 0.328 e. The number of nitrogens with zero attached hydrogens (tertiary/aromatic N) is 2. The monoisotopic (exact) mass is 295 g/mol. The van der Waals surface area contributed by atoms with Crippen molar-refractivity contribution in [1.29, 1.82) is 0 Å². The highest BCUT2D eigenvalue weighted by atomic mass is 16.5. The van der Waals surface area contributed by atoms with Crippen LogP contribution >= 0.6 is 0 Å². The van der Waals surface area contributed by atoms with E-state index in [0.29, 0.717) is 11.3 Å². The minimum atomic E-state index is -0.805. The molecule has 0 aromatic carbocycles. The lowest BCUT2D eigenvalue weighted by atomic mass is 10.0. The number of esters is 1. The van der Waals surface area contributed by atoms with E-state index in [2.05, 4.69) is 15.2 Å². The molecule has 1 unspecified atom stereocenters. The van der Waals surface area contributed by atoms with Crippen molar-refractivity contribution >= 4 is 11.9 Å². The van der Waals surface area contributed by atoms with Crippen molar-refractivity contribution in [3.8, 4) is 0 Å². The van der Waals surface area contributed by atoms with Crippen LogP contribution in [-0.4, -0.2) is 34.8 Å². The largest absolute Gasteiger partial charge is 0.467 e. The number of rotatable bonds is 4. The first-order valence-electron chi connectivity index (χ1n) is 6.63. The number of ether oxygens (including phenoxy) is 1. The Morgan fingerprint density at radius 3 is 2.33 bits per heavy atom. The molecule has 0 saturated carbocycles. The fourth-order valence-electron chi connectivity index (χ4n) is 1.95. The Morgan fingerprint density at radius 2 is 1.86 bits per heavy atom. The Bertz CT molecular complexity index is 619. The molecule has 7 nitrogen and oxygen atoms in total. The zero-order valence-electron chi connectivity index (χ0n) is 13.2. The van der Waals surface area contributed by atoms with Gasteiger partial charge in [0.1, 0.15) is 11.6 Å². The number of methoxy groups -OCH3 is 1. The molecule has 1 atom stereocenters. The molecular weight excluding hydrogens is 274 g/mol. The zero-order chi connectivity index (χ0) is 16.3. The van der Waals surface area contributed by atoms with Crippen LogP contribution in [-0.2, 0) is 16.6 Å². The first-order valence-corrected chi connectivity index (χ1v) is 6.63. The first-order chi connectivity index (χ1) is 9.70. The van der Waals surface area contributed by atoms with Crippen molar-refractivity contribution in [2.75, 3.05) is 7.11 Å². The number of nitrogens with one attached hydrogen (secondary N) is 1. The summed E-state index contributed by atoms with van der Waals surface area (Å²) in [5.41, 5.74) is 0.590. The van der Waals surface area contributed by atoms with E-state index in [-0.39, 0.29) is 11.5 Å². The van der Waals surface area contributed by atoms with Gasteiger partial charge < -0.3 is 10.1 Å². The lowest BCUT2D eigenvalue weighted by Crippen LogP contribution is -2.47. The van der Waals surface area contributed by atoms with E-state index >= 15 is 0 Å². The van der Waals surface area contributed by atoms with Gasteiger partial charge in [0.15, 0.2) is 0 Å². The van der Waals surface area contributed by atoms with Crippen LogP contribution < -0.4 is 10.9 Å². The van der Waals surface area contributed by atoms with Gasteiger partial charge in [0.05, 0.1) is 12.8 Å². The van der Waals surface area contributed by atoms with Gasteiger partial charge in [-0.2, -0.15) is 5.10 Å². The maximum absolute atomic E-state index is 12.4. The predicted molar refractivity (Wildman–Crippen MR) is 77.1 cm³/mol. The highest BCUT2D eigenvalue weighted by Crippen LogP contribution is 2.09. The highest BCUT2D eigenvalue weighted by Gasteiger charge is 2.27. The van der Waals surface area contributed by atoms with Crippen LogP contribution in [0, 0.1) is 19.8 Å². The summed E-state index contributed by atoms with van der Waals surface area (Å²) < 4.78 is 5.78. The van der Waals surface area contributed by atoms with E-state index in [1.54, 1.807) is 27.7 Å². The molecule has 1 N–H and O–H groups in total. The third kappa shape index (κ3) is 3.48. The maximum Gasteiger partial charge on any atom is 0.328 e. The number of carbonyl (C=O) groups is 2. The molecule has 0 fully saturated rings. The van der Waals surface area contributed by atoms with Crippen LogP contribution in [0.25, 0.3) is 0 Å². The van der Waals surface area contributed by atoms with Gasteiger partial charge in [-0.25, -0.2) is 9.48 Å². The number of aryl methyl sites for hydroxylation is 2. The summed E-state index contributed by atoms with van der Waals surface area (Å²) in [6.07, 6.45) is 0. The Hall–Kier alpha value is -2.18. The molecule has 0 saturated heterocycles. The molecular formula is C14H21N3O4. The van der Waals surface area contributed by atoms with E-state index in [1.807, 2.05) is 0 Å². The number of hydrogen-bond acceptors (Lipinski definition) is 5. The van der Waals surface area contributed by atoms with Crippen LogP contribution in [0.4, 0.5) is 0 Å². The molecule has 0 radical (unpaired) electrons. The molecule has 1 aromatic rings. The summed E-state index contributed by atoms with van der Waals surface area (Å²) >= 11 is 0. The van der Waals surface area contributed by atoms with E-state index in [1.165, 1.54) is 14.2 Å². The van der Waals surface area contributed by atoms with Gasteiger partial charge >= 0.3 is 5.97 Å². The molecule has 0 aliphatic carbocycles. The van der Waals surface area contributed by atoms with Gasteiger partial charge in [-0.15, -0.1) is 0 Å². The Labute approximate surface area is 123 Å². The molecule has 0 bridgehead atoms. The average Bonchev–Trinajstić information content (AvgIpc) is 2.41. The van der Waals surface area contributed by atoms with Crippen LogP contribution in [0.5, 0.6) is 0 Å². The number of hydrogen-bond donors (Lipinski definition) is 1. The predicted octanol–water partition coefficient (Wildman–Crippen LogP) is 0.325. The van der Waals surface area contributed by atoms with Crippen LogP contribution in [0.15, 0.2) is 4.79 Å². The first kappa shape index (κ1) is 16.9. The number of amides is 1. The summed E-state index contributed by atoms with van der Waals surface area (Å²) in [4.78, 5) is 36.2. The van der Waals surface area contributed by atoms with Crippen molar-refractivity contribution in [3.63, 3.8) is 0 Å². The molecule has 7 heteroatoms. The van der Waals surface area contributed by atoms with Crippen LogP contribution in [0.1, 0.15) is 35.5 Å². The number of carbonyl (C=O) groups excluding carboxylic acids is 2. The van der Waals surface area contributed by atoms with Gasteiger partial charge in [0.25, 0.3) is 11.5 Å². The molecule has 0 spiro atoms. The van der Waals surface area contributed by atoms with Gasteiger partial charge in [-0.1, -0.05) is 13.8 Å². The van der Waals surface area contributed by atoms with E-state index in [9.17, 15) is 14.4 Å². The molecule has 1 heterocycles. The standard InChI is InChI=1S/C14H21N3O4/c1-7(2)11(14(20)21-6)15-12(18)10-8(3)9(4)16-17(5)13(10)19/h7,11H,1-6H3,(H,15,18). The minimum absolute atomic E-state index is 0.000414. The average molecular weight is 295 g/mol. The van der Waals surface area contributed by atoms with Crippen LogP contribution in [0.2, 0.25) is 0 Å². The van der Waals surface area contributed by atoms with E-state index in [4.69, 9.17) is 0 Å². The summed E-state index contributed by atoms with van der Waals surface area (Å²) in [5, 5.41) is 6.58. The third-order valence-corrected chi connectivity index (χ3v) is 3.36. The van der Waals surface area contributed by atoms with Gasteiger partial charge in [0, 0.05) is 7.05 Å². The molecule has 21 heavy (non-hydrogen) atoms. The summed E-state index contributed by atoms with van der Waals surface area (Å²) in [6, 6.07) is -0.805. The summed E-state index contributed by atoms with van der Waals surface area (Å²) in [7, 11) is 2.73. The second kappa shape index (κ2) is 6.51. The Kier molecular flexibility index (Phi) is 5.23. The molecule has 1 aromatic heterocycles. The SMILES string of the molecule is COC(=O)C(NC(=O)c1c(C)c(C)nn(C)c1=O)C(C)C. The number of aromatic nitrogens is 2. The van der Waals surface area contributed by atoms with E-state index in [0.717, 1.165) is 4.68 Å². The Morgan fingerprint density at radius 1 is 1.29 bits per heavy atom. The topological polar surface area (TPSA) is 90.3 Å². The van der Waals surface area contributed by atoms with Gasteiger partial charge in [0.2, 0.25) is 0 Å². The van der Waals surface area contributed by atoms with Gasteiger partial charge in [-0.3, -0.25) is 9.59 Å². The van der Waals surface area contributed by atoms with Crippen molar-refractivity contribution in [3.05, 3.63) is 27.2 Å². The van der Waals surface area contributed by atoms with Crippen molar-refractivity contribution in [2.45, 2.75) is 33.7 Å². The highest BCUT2D eigenvalue weighted by molar-refractivity contribution is 5.97. The fraction of sp³-hybridized carbons (Fsp3) is 0.571. The fourth-order valence-corrected chi connectivity index (χ4v) is 1.95. The molecule has 0 aliphatic rings. The second-order valence-corrected chi connectivity index (χ2v) is 5.23. The summed E-state index contributed by atoms with van der Waals surface area (Å²) in [5.74, 6) is -1.30. The molecule has 1 rings (SSSR count). The van der Waals surface area contributed by atoms with Crippen molar-refractivity contribution < 1.29 is 14.3 Å². The maximum atomic E-state index is 12.4.